The molecule has 1 aliphatic rings. The Morgan fingerprint density at radius 2 is 1.81 bits per heavy atom. The van der Waals surface area contributed by atoms with Gasteiger partial charge in [-0.2, -0.15) is 0 Å². The van der Waals surface area contributed by atoms with E-state index in [1.807, 2.05) is 36.4 Å². The van der Waals surface area contributed by atoms with Crippen LogP contribution >= 0.6 is 0 Å². The number of oxime groups is 1. The van der Waals surface area contributed by atoms with Crippen LogP contribution in [0.25, 0.3) is 0 Å². The monoisotopic (exact) mass is 289 g/mol. The summed E-state index contributed by atoms with van der Waals surface area (Å²) >= 11 is 0. The van der Waals surface area contributed by atoms with Gasteiger partial charge < -0.3 is 14.3 Å². The van der Waals surface area contributed by atoms with E-state index >= 15 is 0 Å². The number of ether oxygens (including phenoxy) is 2. The smallest absolute Gasteiger partial charge is 0.119 e. The fourth-order valence-corrected chi connectivity index (χ4v) is 2.01. The Morgan fingerprint density at radius 3 is 2.62 bits per heavy atom. The standard InChI is InChI=1S/C17H23NO3/c1-2-10-17(11-3-1)20-14-5-4-12-19-13-6-8-16-9-7-15-21-18-16/h1-3,7,10-11,15H,4-6,8-9,12-14H2. The van der Waals surface area contributed by atoms with Gasteiger partial charge in [0.2, 0.25) is 0 Å². The summed E-state index contributed by atoms with van der Waals surface area (Å²) in [7, 11) is 0. The summed E-state index contributed by atoms with van der Waals surface area (Å²) < 4.78 is 11.2. The summed E-state index contributed by atoms with van der Waals surface area (Å²) in [5.41, 5.74) is 1.09. The first kappa shape index (κ1) is 15.6. The topological polar surface area (TPSA) is 40.0 Å². The van der Waals surface area contributed by atoms with Crippen LogP contribution in [0.1, 0.15) is 32.1 Å². The van der Waals surface area contributed by atoms with E-state index in [4.69, 9.17) is 14.3 Å². The first-order chi connectivity index (χ1) is 10.4. The number of rotatable bonds is 10. The molecule has 0 aliphatic carbocycles. The highest BCUT2D eigenvalue weighted by Gasteiger charge is 2.02. The Morgan fingerprint density at radius 1 is 1.00 bits per heavy atom. The van der Waals surface area contributed by atoms with Gasteiger partial charge in [-0.05, 0) is 43.9 Å². The van der Waals surface area contributed by atoms with E-state index in [1.165, 1.54) is 0 Å². The minimum atomic E-state index is 0.744. The lowest BCUT2D eigenvalue weighted by Crippen LogP contribution is -2.05. The van der Waals surface area contributed by atoms with Crippen molar-refractivity contribution in [2.24, 2.45) is 5.16 Å². The Bertz CT molecular complexity index is 443. The minimum Gasteiger partial charge on any atom is -0.494 e. The molecule has 0 unspecified atom stereocenters. The zero-order chi connectivity index (χ0) is 14.6. The maximum atomic E-state index is 5.62. The number of allylic oxidation sites excluding steroid dienone is 1. The van der Waals surface area contributed by atoms with Crippen molar-refractivity contribution in [3.63, 3.8) is 0 Å². The highest BCUT2D eigenvalue weighted by Crippen LogP contribution is 2.09. The second kappa shape index (κ2) is 10.00. The Kier molecular flexibility index (Phi) is 7.41. The third-order valence-corrected chi connectivity index (χ3v) is 3.14. The molecule has 1 heterocycles. The molecular formula is C17H23NO3. The van der Waals surface area contributed by atoms with Crippen molar-refractivity contribution in [3.8, 4) is 5.75 Å². The molecule has 0 atom stereocenters. The third kappa shape index (κ3) is 6.95. The van der Waals surface area contributed by atoms with E-state index in [-0.39, 0.29) is 0 Å². The molecule has 0 saturated carbocycles. The quantitative estimate of drug-likeness (QED) is 0.613. The van der Waals surface area contributed by atoms with Crippen molar-refractivity contribution < 1.29 is 14.3 Å². The maximum absolute atomic E-state index is 5.62. The SMILES string of the molecule is C1=CON=C(CCCOCCCCOc2ccccc2)C1. The van der Waals surface area contributed by atoms with Gasteiger partial charge in [0.25, 0.3) is 0 Å². The second-order valence-corrected chi connectivity index (χ2v) is 4.92. The predicted octanol–water partition coefficient (Wildman–Crippen LogP) is 3.93. The van der Waals surface area contributed by atoms with Crippen molar-refractivity contribution in [2.75, 3.05) is 19.8 Å². The number of hydrogen-bond donors (Lipinski definition) is 0. The van der Waals surface area contributed by atoms with E-state index < -0.39 is 0 Å². The molecule has 0 bridgehead atoms. The Balaban J connectivity index is 1.38. The van der Waals surface area contributed by atoms with Gasteiger partial charge in [-0.3, -0.25) is 0 Å². The molecule has 4 nitrogen and oxygen atoms in total. The fourth-order valence-electron chi connectivity index (χ4n) is 2.01. The lowest BCUT2D eigenvalue weighted by molar-refractivity contribution is 0.125. The molecule has 1 aromatic rings. The summed E-state index contributed by atoms with van der Waals surface area (Å²) in [6.07, 6.45) is 8.49. The van der Waals surface area contributed by atoms with Crippen LogP contribution in [0.5, 0.6) is 5.75 Å². The van der Waals surface area contributed by atoms with E-state index in [9.17, 15) is 0 Å². The van der Waals surface area contributed by atoms with Gasteiger partial charge in [0.1, 0.15) is 12.0 Å². The number of benzene rings is 1. The van der Waals surface area contributed by atoms with Gasteiger partial charge in [-0.15, -0.1) is 0 Å². The van der Waals surface area contributed by atoms with Crippen LogP contribution < -0.4 is 4.74 Å². The molecule has 1 aliphatic heterocycles. The molecule has 2 rings (SSSR count). The van der Waals surface area contributed by atoms with Gasteiger partial charge in [0.05, 0.1) is 12.3 Å². The van der Waals surface area contributed by atoms with Crippen molar-refractivity contribution >= 4 is 5.71 Å². The van der Waals surface area contributed by atoms with Gasteiger partial charge >= 0.3 is 0 Å². The average Bonchev–Trinajstić information content (AvgIpc) is 2.55. The molecule has 0 N–H and O–H groups in total. The van der Waals surface area contributed by atoms with Crippen molar-refractivity contribution in [2.45, 2.75) is 32.1 Å². The van der Waals surface area contributed by atoms with Crippen LogP contribution in [-0.2, 0) is 9.57 Å². The summed E-state index contributed by atoms with van der Waals surface area (Å²) in [6.45, 7) is 2.32. The summed E-state index contributed by atoms with van der Waals surface area (Å²) in [4.78, 5) is 4.89. The Hall–Kier alpha value is -1.81. The lowest BCUT2D eigenvalue weighted by atomic mass is 10.1. The number of hydrogen-bond acceptors (Lipinski definition) is 4. The molecule has 0 fully saturated rings. The third-order valence-electron chi connectivity index (χ3n) is 3.14. The number of para-hydroxylation sites is 1. The van der Waals surface area contributed by atoms with E-state index in [1.54, 1.807) is 6.26 Å². The van der Waals surface area contributed by atoms with E-state index in [0.717, 1.165) is 63.4 Å². The summed E-state index contributed by atoms with van der Waals surface area (Å²) in [6, 6.07) is 9.90. The molecular weight excluding hydrogens is 266 g/mol. The van der Waals surface area contributed by atoms with Gasteiger partial charge in [0, 0.05) is 19.6 Å². The average molecular weight is 289 g/mol. The van der Waals surface area contributed by atoms with Crippen LogP contribution in [0.3, 0.4) is 0 Å². The molecule has 0 saturated heterocycles. The Labute approximate surface area is 126 Å². The fraction of sp³-hybridized carbons (Fsp3) is 0.471. The molecule has 0 amide bonds. The molecule has 21 heavy (non-hydrogen) atoms. The van der Waals surface area contributed by atoms with Crippen molar-refractivity contribution in [1.29, 1.82) is 0 Å². The number of unbranched alkanes of at least 4 members (excludes halogenated alkanes) is 1. The molecule has 0 spiro atoms. The molecule has 0 radical (unpaired) electrons. The highest BCUT2D eigenvalue weighted by atomic mass is 16.6. The van der Waals surface area contributed by atoms with Crippen LogP contribution in [0.2, 0.25) is 0 Å². The predicted molar refractivity (Wildman–Crippen MR) is 83.5 cm³/mol. The van der Waals surface area contributed by atoms with Gasteiger partial charge in [-0.25, -0.2) is 0 Å². The summed E-state index contributed by atoms with van der Waals surface area (Å²) in [5.74, 6) is 0.933. The highest BCUT2D eigenvalue weighted by molar-refractivity contribution is 5.85. The van der Waals surface area contributed by atoms with Crippen molar-refractivity contribution in [1.82, 2.24) is 0 Å². The first-order valence-corrected chi connectivity index (χ1v) is 7.57. The van der Waals surface area contributed by atoms with Crippen LogP contribution in [-0.4, -0.2) is 25.5 Å². The second-order valence-electron chi connectivity index (χ2n) is 4.92. The molecule has 0 aromatic heterocycles. The molecule has 4 heteroatoms. The van der Waals surface area contributed by atoms with Gasteiger partial charge in [-0.1, -0.05) is 23.4 Å². The zero-order valence-electron chi connectivity index (χ0n) is 12.4. The van der Waals surface area contributed by atoms with Crippen LogP contribution in [0.15, 0.2) is 47.8 Å². The minimum absolute atomic E-state index is 0.744. The van der Waals surface area contributed by atoms with E-state index in [2.05, 4.69) is 5.16 Å². The van der Waals surface area contributed by atoms with Crippen molar-refractivity contribution in [3.05, 3.63) is 42.7 Å². The first-order valence-electron chi connectivity index (χ1n) is 7.57. The number of nitrogens with zero attached hydrogens (tertiary/aromatic N) is 1. The zero-order valence-corrected chi connectivity index (χ0v) is 12.4. The molecule has 1 aromatic carbocycles. The summed E-state index contributed by atoms with van der Waals surface area (Å²) in [5, 5.41) is 3.97. The van der Waals surface area contributed by atoms with E-state index in [0.29, 0.717) is 0 Å². The van der Waals surface area contributed by atoms with Crippen LogP contribution in [0.4, 0.5) is 0 Å². The van der Waals surface area contributed by atoms with Gasteiger partial charge in [0.15, 0.2) is 0 Å². The lowest BCUT2D eigenvalue weighted by Gasteiger charge is -2.08. The normalized spacial score (nSPS) is 13.6. The largest absolute Gasteiger partial charge is 0.494 e. The van der Waals surface area contributed by atoms with Crippen LogP contribution in [0, 0.1) is 0 Å². The maximum Gasteiger partial charge on any atom is 0.119 e. The molecule has 114 valence electrons.